The van der Waals surface area contributed by atoms with Gasteiger partial charge in [-0.3, -0.25) is 0 Å². The summed E-state index contributed by atoms with van der Waals surface area (Å²) in [5.74, 6) is 1.63. The number of nitrogens with one attached hydrogen (secondary N) is 1. The number of benzene rings is 1. The fourth-order valence-corrected chi connectivity index (χ4v) is 4.50. The third-order valence-electron chi connectivity index (χ3n) is 5.55. The molecule has 1 aromatic heterocycles. The first-order chi connectivity index (χ1) is 13.7. The average molecular weight is 400 g/mol. The molecule has 1 saturated carbocycles. The molecule has 0 radical (unpaired) electrons. The fourth-order valence-electron chi connectivity index (χ4n) is 3.85. The van der Waals surface area contributed by atoms with E-state index in [2.05, 4.69) is 47.0 Å². The molecule has 1 aliphatic heterocycles. The molecule has 1 N–H and O–H groups in total. The Labute approximate surface area is 172 Å². The molecule has 2 aliphatic rings. The molecule has 0 atom stereocenters. The fraction of sp³-hybridized carbons (Fsp3) is 0.500. The second-order valence-corrected chi connectivity index (χ2v) is 8.53. The molecule has 0 unspecified atom stereocenters. The number of methoxy groups -OCH3 is 1. The van der Waals surface area contributed by atoms with Crippen LogP contribution in [-0.2, 0) is 12.8 Å². The van der Waals surface area contributed by atoms with Crippen molar-refractivity contribution in [3.8, 4) is 11.6 Å². The number of pyridine rings is 1. The molecule has 1 fully saturated rings. The summed E-state index contributed by atoms with van der Waals surface area (Å²) >= 11 is 1.57. The minimum atomic E-state index is 0.394. The van der Waals surface area contributed by atoms with E-state index in [1.165, 1.54) is 31.2 Å². The van der Waals surface area contributed by atoms with Crippen LogP contribution in [-0.4, -0.2) is 43.2 Å². The van der Waals surface area contributed by atoms with Gasteiger partial charge in [-0.25, -0.2) is 4.98 Å². The van der Waals surface area contributed by atoms with Crippen LogP contribution in [0.2, 0.25) is 0 Å². The van der Waals surface area contributed by atoms with E-state index in [0.29, 0.717) is 12.0 Å². The first kappa shape index (κ1) is 19.4. The summed E-state index contributed by atoms with van der Waals surface area (Å²) in [5.41, 5.74) is 3.40. The lowest BCUT2D eigenvalue weighted by Crippen LogP contribution is -2.20. The molecule has 4 rings (SSSR count). The van der Waals surface area contributed by atoms with Crippen LogP contribution in [0.5, 0.6) is 11.6 Å². The largest absolute Gasteiger partial charge is 0.490 e. The van der Waals surface area contributed by atoms with E-state index in [1.54, 1.807) is 19.1 Å². The molecule has 2 aromatic rings. The maximum Gasteiger partial charge on any atom is 0.238 e. The molecule has 1 aliphatic carbocycles. The third-order valence-corrected chi connectivity index (χ3v) is 6.38. The molecule has 6 heteroatoms. The zero-order valence-corrected chi connectivity index (χ0v) is 17.6. The Morgan fingerprint density at radius 1 is 1.11 bits per heavy atom. The normalized spacial score (nSPS) is 17.8. The van der Waals surface area contributed by atoms with Crippen molar-refractivity contribution >= 4 is 17.6 Å². The van der Waals surface area contributed by atoms with Gasteiger partial charge < -0.3 is 19.1 Å². The monoisotopic (exact) mass is 399 g/mol. The summed E-state index contributed by atoms with van der Waals surface area (Å²) < 4.78 is 15.0. The van der Waals surface area contributed by atoms with Crippen LogP contribution in [0.15, 0.2) is 35.2 Å². The summed E-state index contributed by atoms with van der Waals surface area (Å²) in [5, 5.41) is 0. The Hall–Kier alpha value is -1.92. The van der Waals surface area contributed by atoms with Gasteiger partial charge in [-0.05, 0) is 87.0 Å². The van der Waals surface area contributed by atoms with E-state index in [0.717, 1.165) is 48.0 Å². The Kier molecular flexibility index (Phi) is 6.27. The maximum atomic E-state index is 6.05. The van der Waals surface area contributed by atoms with Crippen molar-refractivity contribution in [1.29, 1.82) is 0 Å². The van der Waals surface area contributed by atoms with Crippen molar-refractivity contribution in [3.05, 3.63) is 41.6 Å². The van der Waals surface area contributed by atoms with Gasteiger partial charge >= 0.3 is 0 Å². The predicted molar refractivity (Wildman–Crippen MR) is 114 cm³/mol. The smallest absolute Gasteiger partial charge is 0.238 e. The van der Waals surface area contributed by atoms with Gasteiger partial charge in [0.25, 0.3) is 0 Å². The molecule has 150 valence electrons. The third kappa shape index (κ3) is 4.73. The van der Waals surface area contributed by atoms with Crippen LogP contribution in [0.3, 0.4) is 0 Å². The topological polar surface area (TPSA) is 46.6 Å². The molecular formula is C22H29N3O2S. The van der Waals surface area contributed by atoms with Gasteiger partial charge in [0.15, 0.2) is 0 Å². The zero-order chi connectivity index (χ0) is 19.3. The SMILES string of the molecule is COc1nc2c(cc1NSc1ccc(OC3CCCC3)cc1)CCN(C)CC2. The highest BCUT2D eigenvalue weighted by Gasteiger charge is 2.18. The Balaban J connectivity index is 1.41. The van der Waals surface area contributed by atoms with Crippen LogP contribution in [0.1, 0.15) is 36.9 Å². The van der Waals surface area contributed by atoms with E-state index in [4.69, 9.17) is 14.5 Å². The average Bonchev–Trinajstić information content (AvgIpc) is 3.16. The first-order valence-corrected chi connectivity index (χ1v) is 11.0. The molecule has 0 saturated heterocycles. The van der Waals surface area contributed by atoms with Crippen molar-refractivity contribution in [3.63, 3.8) is 0 Å². The molecule has 0 spiro atoms. The minimum Gasteiger partial charge on any atom is -0.490 e. The summed E-state index contributed by atoms with van der Waals surface area (Å²) in [6.07, 6.45) is 7.32. The molecule has 2 heterocycles. The minimum absolute atomic E-state index is 0.394. The number of anilines is 1. The summed E-state index contributed by atoms with van der Waals surface area (Å²) in [6.45, 7) is 2.11. The van der Waals surface area contributed by atoms with Gasteiger partial charge in [0.2, 0.25) is 5.88 Å². The quantitative estimate of drug-likeness (QED) is 0.719. The van der Waals surface area contributed by atoms with Crippen molar-refractivity contribution in [2.24, 2.45) is 0 Å². The van der Waals surface area contributed by atoms with Gasteiger partial charge in [-0.2, -0.15) is 0 Å². The van der Waals surface area contributed by atoms with Crippen molar-refractivity contribution in [1.82, 2.24) is 9.88 Å². The van der Waals surface area contributed by atoms with Crippen LogP contribution >= 0.6 is 11.9 Å². The van der Waals surface area contributed by atoms with Crippen LogP contribution in [0.4, 0.5) is 5.69 Å². The number of hydrogen-bond donors (Lipinski definition) is 1. The summed E-state index contributed by atoms with van der Waals surface area (Å²) in [6, 6.07) is 10.5. The van der Waals surface area contributed by atoms with E-state index >= 15 is 0 Å². The first-order valence-electron chi connectivity index (χ1n) is 10.2. The predicted octanol–water partition coefficient (Wildman–Crippen LogP) is 4.56. The van der Waals surface area contributed by atoms with Gasteiger partial charge in [0.05, 0.1) is 13.2 Å². The number of nitrogens with zero attached hydrogens (tertiary/aromatic N) is 2. The number of aromatic nitrogens is 1. The molecule has 0 bridgehead atoms. The van der Waals surface area contributed by atoms with Crippen LogP contribution in [0, 0.1) is 0 Å². The molecule has 28 heavy (non-hydrogen) atoms. The lowest BCUT2D eigenvalue weighted by molar-refractivity contribution is 0.210. The number of ether oxygens (including phenoxy) is 2. The summed E-state index contributed by atoms with van der Waals surface area (Å²) in [7, 11) is 3.85. The second-order valence-electron chi connectivity index (χ2n) is 7.65. The standard InChI is InChI=1S/C22H29N3O2S/c1-25-13-11-16-15-21(22(26-2)23-20(16)12-14-25)24-28-19-9-7-18(8-10-19)27-17-5-3-4-6-17/h7-10,15,17,24H,3-6,11-14H2,1-2H3. The van der Waals surface area contributed by atoms with E-state index in [-0.39, 0.29) is 0 Å². The highest BCUT2D eigenvalue weighted by atomic mass is 32.2. The van der Waals surface area contributed by atoms with Gasteiger partial charge in [0, 0.05) is 30.1 Å². The van der Waals surface area contributed by atoms with Gasteiger partial charge in [0.1, 0.15) is 11.4 Å². The number of rotatable bonds is 6. The lowest BCUT2D eigenvalue weighted by Gasteiger charge is -2.15. The Morgan fingerprint density at radius 2 is 1.86 bits per heavy atom. The van der Waals surface area contributed by atoms with Crippen LogP contribution < -0.4 is 14.2 Å². The molecule has 1 aromatic carbocycles. The maximum absolute atomic E-state index is 6.05. The van der Waals surface area contributed by atoms with Crippen LogP contribution in [0.25, 0.3) is 0 Å². The zero-order valence-electron chi connectivity index (χ0n) is 16.7. The Bertz CT molecular complexity index is 791. The highest BCUT2D eigenvalue weighted by molar-refractivity contribution is 8.00. The van der Waals surface area contributed by atoms with E-state index in [9.17, 15) is 0 Å². The number of hydrogen-bond acceptors (Lipinski definition) is 6. The van der Waals surface area contributed by atoms with E-state index < -0.39 is 0 Å². The van der Waals surface area contributed by atoms with Crippen molar-refractivity contribution in [2.75, 3.05) is 32.0 Å². The lowest BCUT2D eigenvalue weighted by atomic mass is 10.1. The molecule has 5 nitrogen and oxygen atoms in total. The summed E-state index contributed by atoms with van der Waals surface area (Å²) in [4.78, 5) is 8.25. The van der Waals surface area contributed by atoms with Crippen molar-refractivity contribution in [2.45, 2.75) is 49.5 Å². The Morgan fingerprint density at radius 3 is 2.61 bits per heavy atom. The second kappa shape index (κ2) is 9.05. The molecular weight excluding hydrogens is 370 g/mol. The highest BCUT2D eigenvalue weighted by Crippen LogP contribution is 2.32. The van der Waals surface area contributed by atoms with E-state index in [1.807, 2.05) is 0 Å². The molecule has 0 amide bonds. The van der Waals surface area contributed by atoms with Gasteiger partial charge in [-0.1, -0.05) is 0 Å². The number of likely N-dealkylation sites (N-methyl/N-ethyl adjacent to an activating group) is 1. The van der Waals surface area contributed by atoms with Gasteiger partial charge in [-0.15, -0.1) is 0 Å². The van der Waals surface area contributed by atoms with Crippen molar-refractivity contribution < 1.29 is 9.47 Å². The number of fused-ring (bicyclic) bond motifs is 1.